The van der Waals surface area contributed by atoms with Gasteiger partial charge in [0.05, 0.1) is 10.0 Å². The molecule has 0 atom stereocenters. The van der Waals surface area contributed by atoms with Crippen molar-refractivity contribution in [2.75, 3.05) is 6.54 Å². The van der Waals surface area contributed by atoms with Crippen molar-refractivity contribution in [1.82, 2.24) is 10.7 Å². The van der Waals surface area contributed by atoms with Crippen LogP contribution in [0.3, 0.4) is 0 Å². The first kappa shape index (κ1) is 15.2. The Kier molecular flexibility index (Phi) is 5.83. The van der Waals surface area contributed by atoms with Crippen molar-refractivity contribution < 1.29 is 15.3 Å². The Morgan fingerprint density at radius 1 is 1.44 bits per heavy atom. The average Bonchev–Trinajstić information content (AvgIpc) is 2.33. The van der Waals surface area contributed by atoms with Gasteiger partial charge < -0.3 is 15.5 Å². The van der Waals surface area contributed by atoms with Crippen LogP contribution < -0.4 is 15.8 Å². The number of hydrogen-bond acceptors (Lipinski definition) is 3. The van der Waals surface area contributed by atoms with Gasteiger partial charge in [-0.1, -0.05) is 0 Å². The second kappa shape index (κ2) is 6.91. The van der Waals surface area contributed by atoms with Gasteiger partial charge in [-0.15, -0.1) is 10.5 Å². The van der Waals surface area contributed by atoms with Gasteiger partial charge in [0, 0.05) is 6.54 Å². The van der Waals surface area contributed by atoms with Crippen LogP contribution >= 0.6 is 44.1 Å². The van der Waals surface area contributed by atoms with Crippen molar-refractivity contribution in [2.24, 2.45) is 0 Å². The topological polar surface area (TPSA) is 78.5 Å². The maximum absolute atomic E-state index is 9.80. The molecular weight excluding hydrogens is 386 g/mol. The summed E-state index contributed by atoms with van der Waals surface area (Å²) >= 11 is 11.2. The molecule has 1 rings (SSSR count). The Morgan fingerprint density at radius 2 is 2.11 bits per heavy atom. The zero-order valence-electron chi connectivity index (χ0n) is 9.42. The maximum atomic E-state index is 9.80. The molecule has 0 aromatic heterocycles. The van der Waals surface area contributed by atoms with E-state index in [0.29, 0.717) is 15.1 Å². The van der Waals surface area contributed by atoms with Crippen LogP contribution in [-0.2, 0) is 0 Å². The Balaban J connectivity index is 2.85. The number of hydrazine groups is 1. The summed E-state index contributed by atoms with van der Waals surface area (Å²) in [6.07, 6.45) is 1.52. The van der Waals surface area contributed by atoms with Crippen LogP contribution in [0.5, 0.6) is 11.5 Å². The third-order valence-corrected chi connectivity index (χ3v) is 3.55. The molecule has 0 radical (unpaired) electrons. The third kappa shape index (κ3) is 3.82. The quantitative estimate of drug-likeness (QED) is 0.292. The molecule has 5 N–H and O–H groups in total. The molecule has 5 nitrogen and oxygen atoms in total. The van der Waals surface area contributed by atoms with E-state index >= 15 is 0 Å². The molecule has 1 aromatic rings. The average molecular weight is 398 g/mol. The van der Waals surface area contributed by atoms with Gasteiger partial charge in [-0.3, -0.25) is 0 Å². The first-order chi connectivity index (χ1) is 8.47. The predicted molar refractivity (Wildman–Crippen MR) is 80.7 cm³/mol. The summed E-state index contributed by atoms with van der Waals surface area (Å²) in [5.41, 5.74) is 3.21. The molecule has 0 heterocycles. The minimum Gasteiger partial charge on any atom is -0.506 e. The molecule has 0 aliphatic carbocycles. The summed E-state index contributed by atoms with van der Waals surface area (Å²) in [7, 11) is 0. The molecule has 0 saturated carbocycles. The van der Waals surface area contributed by atoms with E-state index in [-0.39, 0.29) is 16.0 Å². The fourth-order valence-corrected chi connectivity index (χ4v) is 2.47. The van der Waals surface area contributed by atoms with E-state index in [1.807, 2.05) is 6.92 Å². The summed E-state index contributed by atoms with van der Waals surface area (Å²) in [6.45, 7) is 2.65. The number of aromatic hydroxyl groups is 2. The molecule has 1 aromatic carbocycles. The van der Waals surface area contributed by atoms with E-state index in [1.165, 1.54) is 6.21 Å². The van der Waals surface area contributed by atoms with Gasteiger partial charge >= 0.3 is 0 Å². The minimum absolute atomic E-state index is 0.0548. The van der Waals surface area contributed by atoms with Gasteiger partial charge in [0.2, 0.25) is 11.3 Å². The normalized spacial score (nSPS) is 10.6. The van der Waals surface area contributed by atoms with Gasteiger partial charge in [-0.25, -0.2) is 0 Å². The van der Waals surface area contributed by atoms with E-state index in [1.54, 1.807) is 6.07 Å². The number of halogens is 2. The third-order valence-electron chi connectivity index (χ3n) is 1.95. The van der Waals surface area contributed by atoms with Crippen LogP contribution in [0.1, 0.15) is 12.5 Å². The second-order valence-electron chi connectivity index (χ2n) is 3.23. The van der Waals surface area contributed by atoms with Crippen molar-refractivity contribution in [3.05, 3.63) is 20.6 Å². The number of nitrogens with one attached hydrogen (secondary N) is 3. The van der Waals surface area contributed by atoms with Crippen molar-refractivity contribution in [1.29, 1.82) is 0 Å². The molecule has 0 unspecified atom stereocenters. The summed E-state index contributed by atoms with van der Waals surface area (Å²) in [5, 5.41) is 25.4. The summed E-state index contributed by atoms with van der Waals surface area (Å²) in [4.78, 5) is 0. The lowest BCUT2D eigenvalue weighted by Gasteiger charge is -2.04. The minimum atomic E-state index is -0.0700. The molecule has 98 valence electrons. The first-order valence-electron chi connectivity index (χ1n) is 4.99. The number of rotatable bonds is 3. The monoisotopic (exact) mass is 396 g/mol. The lowest BCUT2D eigenvalue weighted by molar-refractivity contribution is -0.500. The maximum Gasteiger partial charge on any atom is 0.223 e. The molecule has 0 saturated heterocycles. The number of hydrogen-bond donors (Lipinski definition) is 5. The van der Waals surface area contributed by atoms with Crippen molar-refractivity contribution in [3.63, 3.8) is 0 Å². The Bertz CT molecular complexity index is 495. The van der Waals surface area contributed by atoms with Crippen molar-refractivity contribution in [2.45, 2.75) is 6.92 Å². The van der Waals surface area contributed by atoms with Gasteiger partial charge in [0.15, 0.2) is 0 Å². The molecule has 8 heteroatoms. The van der Waals surface area contributed by atoms with Gasteiger partial charge in [-0.2, -0.15) is 0 Å². The molecule has 18 heavy (non-hydrogen) atoms. The van der Waals surface area contributed by atoms with Gasteiger partial charge in [-0.05, 0) is 57.1 Å². The Labute approximate surface area is 127 Å². The van der Waals surface area contributed by atoms with E-state index in [0.717, 1.165) is 6.54 Å². The first-order valence-corrected chi connectivity index (χ1v) is 6.99. The number of benzene rings is 1. The second-order valence-corrected chi connectivity index (χ2v) is 5.29. The fourth-order valence-electron chi connectivity index (χ4n) is 1.11. The Morgan fingerprint density at radius 3 is 2.72 bits per heavy atom. The highest BCUT2D eigenvalue weighted by atomic mass is 79.9. The highest BCUT2D eigenvalue weighted by Crippen LogP contribution is 2.40. The lowest BCUT2D eigenvalue weighted by Crippen LogP contribution is -2.82. The molecular formula is C10H12Br2N3O2S+. The lowest BCUT2D eigenvalue weighted by atomic mass is 10.2. The standard InChI is InChI=1S/C10H11Br2N3O2S/c1-2-13-10(18)15-14-4-5-3-6(11)9(17)7(12)8(5)16/h3-4,16-17H,2H2,1H3,(H2,13,15,18)/p+1. The zero-order valence-corrected chi connectivity index (χ0v) is 13.4. The molecule has 0 amide bonds. The fraction of sp³-hybridized carbons (Fsp3) is 0.200. The van der Waals surface area contributed by atoms with Crippen LogP contribution in [0.2, 0.25) is 0 Å². The number of hydrazone groups is 1. The molecule has 0 aliphatic heterocycles. The van der Waals surface area contributed by atoms with E-state index in [4.69, 9.17) is 12.2 Å². The highest BCUT2D eigenvalue weighted by Gasteiger charge is 2.14. The highest BCUT2D eigenvalue weighted by molar-refractivity contribution is 9.11. The largest absolute Gasteiger partial charge is 0.506 e. The van der Waals surface area contributed by atoms with Crippen LogP contribution in [0, 0.1) is 0 Å². The van der Waals surface area contributed by atoms with E-state index in [2.05, 4.69) is 47.7 Å². The van der Waals surface area contributed by atoms with Gasteiger partial charge in [0.1, 0.15) is 16.0 Å². The van der Waals surface area contributed by atoms with Crippen LogP contribution in [-0.4, -0.2) is 28.1 Å². The molecule has 0 fully saturated rings. The van der Waals surface area contributed by atoms with Crippen LogP contribution in [0.15, 0.2) is 15.0 Å². The SMILES string of the molecule is CCNC(=S)N[NH+]=Cc1cc(Br)c(O)c(Br)c1O. The summed E-state index contributed by atoms with van der Waals surface area (Å²) in [5.74, 6) is -0.125. The number of thiocarbonyl (C=S) groups is 1. The smallest absolute Gasteiger partial charge is 0.223 e. The summed E-state index contributed by atoms with van der Waals surface area (Å²) < 4.78 is 0.689. The number of phenols is 2. The molecule has 0 aliphatic rings. The van der Waals surface area contributed by atoms with Crippen LogP contribution in [0.25, 0.3) is 0 Å². The van der Waals surface area contributed by atoms with Crippen molar-refractivity contribution >= 4 is 55.4 Å². The van der Waals surface area contributed by atoms with Crippen molar-refractivity contribution in [3.8, 4) is 11.5 Å². The van der Waals surface area contributed by atoms with E-state index < -0.39 is 0 Å². The van der Waals surface area contributed by atoms with Crippen LogP contribution in [0.4, 0.5) is 0 Å². The summed E-state index contributed by atoms with van der Waals surface area (Å²) in [6, 6.07) is 1.57. The van der Waals surface area contributed by atoms with Gasteiger partial charge in [0.25, 0.3) is 0 Å². The van der Waals surface area contributed by atoms with E-state index in [9.17, 15) is 10.2 Å². The predicted octanol–water partition coefficient (Wildman–Crippen LogP) is 0.521. The molecule has 0 bridgehead atoms. The Hall–Kier alpha value is -0.860. The molecule has 0 spiro atoms. The number of phenolic OH excluding ortho intramolecular Hbond substituents is 2. The zero-order chi connectivity index (χ0) is 13.7.